The highest BCUT2D eigenvalue weighted by molar-refractivity contribution is 7.99. The van der Waals surface area contributed by atoms with Gasteiger partial charge in [0, 0.05) is 28.4 Å². The van der Waals surface area contributed by atoms with Crippen LogP contribution in [0.15, 0.2) is 107 Å². The van der Waals surface area contributed by atoms with E-state index in [-0.39, 0.29) is 12.6 Å². The van der Waals surface area contributed by atoms with Gasteiger partial charge >= 0.3 is 5.97 Å². The van der Waals surface area contributed by atoms with E-state index in [2.05, 4.69) is 15.2 Å². The lowest BCUT2D eigenvalue weighted by molar-refractivity contribution is 0.0259. The second-order valence-corrected chi connectivity index (χ2v) is 9.55. The fourth-order valence-corrected chi connectivity index (χ4v) is 4.76. The first kappa shape index (κ1) is 25.0. The number of hydrogen-bond donors (Lipinski definition) is 1. The first-order valence-electron chi connectivity index (χ1n) is 11.9. The van der Waals surface area contributed by atoms with Crippen LogP contribution in [-0.4, -0.2) is 45.7 Å². The SMILES string of the molecule is CN(COC(=O)c1ccccc1)C(=O)c1ccccc1Sc1ccc2c(/C=C/c3ccccn3)n[nH]c2c1. The maximum Gasteiger partial charge on any atom is 0.339 e. The normalized spacial score (nSPS) is 11.1. The van der Waals surface area contributed by atoms with Crippen molar-refractivity contribution < 1.29 is 14.3 Å². The van der Waals surface area contributed by atoms with Gasteiger partial charge in [-0.15, -0.1) is 0 Å². The van der Waals surface area contributed by atoms with Gasteiger partial charge in [-0.1, -0.05) is 48.2 Å². The molecule has 5 aromatic rings. The number of nitrogens with one attached hydrogen (secondary N) is 1. The quantitative estimate of drug-likeness (QED) is 0.195. The summed E-state index contributed by atoms with van der Waals surface area (Å²) < 4.78 is 5.33. The number of carbonyl (C=O) groups excluding carboxylic acids is 2. The number of esters is 1. The maximum absolute atomic E-state index is 13.2. The highest BCUT2D eigenvalue weighted by Crippen LogP contribution is 2.33. The Hall–Kier alpha value is -4.69. The summed E-state index contributed by atoms with van der Waals surface area (Å²) in [7, 11) is 1.61. The Morgan fingerprint density at radius 2 is 1.74 bits per heavy atom. The van der Waals surface area contributed by atoms with Crippen LogP contribution in [0.2, 0.25) is 0 Å². The van der Waals surface area contributed by atoms with Crippen molar-refractivity contribution in [2.75, 3.05) is 13.8 Å². The van der Waals surface area contributed by atoms with Gasteiger partial charge in [0.2, 0.25) is 0 Å². The zero-order valence-electron chi connectivity index (χ0n) is 20.6. The van der Waals surface area contributed by atoms with Gasteiger partial charge in [-0.3, -0.25) is 14.9 Å². The third-order valence-electron chi connectivity index (χ3n) is 5.75. The minimum absolute atomic E-state index is 0.152. The molecule has 0 unspecified atom stereocenters. The van der Waals surface area contributed by atoms with Crippen molar-refractivity contribution in [3.05, 3.63) is 120 Å². The zero-order valence-corrected chi connectivity index (χ0v) is 21.4. The molecule has 0 saturated carbocycles. The molecule has 0 aliphatic carbocycles. The van der Waals surface area contributed by atoms with Crippen LogP contribution in [0.4, 0.5) is 0 Å². The van der Waals surface area contributed by atoms with Crippen molar-refractivity contribution in [2.45, 2.75) is 9.79 Å². The van der Waals surface area contributed by atoms with Gasteiger partial charge in [0.05, 0.1) is 28.0 Å². The number of aromatic nitrogens is 3. The van der Waals surface area contributed by atoms with E-state index in [0.717, 1.165) is 32.1 Å². The van der Waals surface area contributed by atoms with E-state index >= 15 is 0 Å². The molecule has 0 atom stereocenters. The van der Waals surface area contributed by atoms with E-state index < -0.39 is 5.97 Å². The molecule has 1 amide bonds. The summed E-state index contributed by atoms with van der Waals surface area (Å²) in [6, 6.07) is 27.9. The minimum atomic E-state index is -0.477. The Bertz CT molecular complexity index is 1600. The summed E-state index contributed by atoms with van der Waals surface area (Å²) in [5.74, 6) is -0.714. The van der Waals surface area contributed by atoms with Crippen molar-refractivity contribution >= 4 is 46.7 Å². The first-order valence-corrected chi connectivity index (χ1v) is 12.7. The second-order valence-electron chi connectivity index (χ2n) is 8.43. The van der Waals surface area contributed by atoms with Crippen LogP contribution < -0.4 is 0 Å². The van der Waals surface area contributed by atoms with Crippen LogP contribution >= 0.6 is 11.8 Å². The molecule has 38 heavy (non-hydrogen) atoms. The summed E-state index contributed by atoms with van der Waals surface area (Å²) in [6.45, 7) is -0.152. The van der Waals surface area contributed by atoms with E-state index in [4.69, 9.17) is 4.74 Å². The average molecular weight is 521 g/mol. The van der Waals surface area contributed by atoms with Crippen molar-refractivity contribution in [3.63, 3.8) is 0 Å². The number of amides is 1. The molecular weight excluding hydrogens is 496 g/mol. The molecule has 0 fully saturated rings. The monoisotopic (exact) mass is 520 g/mol. The highest BCUT2D eigenvalue weighted by atomic mass is 32.2. The summed E-state index contributed by atoms with van der Waals surface area (Å²) in [6.07, 6.45) is 5.61. The molecule has 0 bridgehead atoms. The second kappa shape index (κ2) is 11.6. The molecule has 0 aliphatic rings. The van der Waals surface area contributed by atoms with Gasteiger partial charge in [0.25, 0.3) is 5.91 Å². The Kier molecular flexibility index (Phi) is 7.61. The fraction of sp³-hybridized carbons (Fsp3) is 0.0667. The predicted molar refractivity (Wildman–Crippen MR) is 149 cm³/mol. The van der Waals surface area contributed by atoms with Crippen molar-refractivity contribution in [1.82, 2.24) is 20.1 Å². The third kappa shape index (κ3) is 5.82. The number of benzene rings is 3. The van der Waals surface area contributed by atoms with E-state index in [1.807, 2.05) is 72.8 Å². The van der Waals surface area contributed by atoms with E-state index in [1.165, 1.54) is 16.7 Å². The smallest absolute Gasteiger partial charge is 0.339 e. The summed E-state index contributed by atoms with van der Waals surface area (Å²) >= 11 is 1.48. The van der Waals surface area contributed by atoms with Crippen LogP contribution in [-0.2, 0) is 4.74 Å². The predicted octanol–water partition coefficient (Wildman–Crippen LogP) is 6.17. The Morgan fingerprint density at radius 3 is 2.55 bits per heavy atom. The molecule has 0 spiro atoms. The summed E-state index contributed by atoms with van der Waals surface area (Å²) in [5, 5.41) is 8.51. The van der Waals surface area contributed by atoms with Crippen LogP contribution in [0.5, 0.6) is 0 Å². The number of rotatable bonds is 8. The topological polar surface area (TPSA) is 88.2 Å². The number of ether oxygens (including phenoxy) is 1. The number of fused-ring (bicyclic) bond motifs is 1. The molecule has 0 saturated heterocycles. The van der Waals surface area contributed by atoms with Gasteiger partial charge in [0.1, 0.15) is 0 Å². The molecular formula is C30H24N4O3S. The lowest BCUT2D eigenvalue weighted by Crippen LogP contribution is -2.30. The Morgan fingerprint density at radius 1 is 0.947 bits per heavy atom. The molecule has 0 aliphatic heterocycles. The largest absolute Gasteiger partial charge is 0.441 e. The van der Waals surface area contributed by atoms with Crippen LogP contribution in [0.3, 0.4) is 0 Å². The third-order valence-corrected chi connectivity index (χ3v) is 6.82. The van der Waals surface area contributed by atoms with E-state index in [1.54, 1.807) is 43.6 Å². The molecule has 1 N–H and O–H groups in total. The van der Waals surface area contributed by atoms with Gasteiger partial charge in [-0.2, -0.15) is 5.10 Å². The minimum Gasteiger partial charge on any atom is -0.441 e. The van der Waals surface area contributed by atoms with E-state index in [9.17, 15) is 9.59 Å². The number of H-pyrrole nitrogens is 1. The molecule has 2 heterocycles. The standard InChI is InChI=1S/C30H24N4O3S/c1-34(20-37-30(36)21-9-3-2-4-10-21)29(35)25-12-5-6-13-28(25)38-23-15-16-24-26(32-33-27(24)19-23)17-14-22-11-7-8-18-31-22/h2-19H,20H2,1H3,(H,32,33)/b17-14+. The molecule has 5 rings (SSSR count). The molecule has 7 nitrogen and oxygen atoms in total. The van der Waals surface area contributed by atoms with Crippen LogP contribution in [0.1, 0.15) is 32.1 Å². The van der Waals surface area contributed by atoms with Crippen molar-refractivity contribution in [2.24, 2.45) is 0 Å². The van der Waals surface area contributed by atoms with E-state index in [0.29, 0.717) is 11.1 Å². The molecule has 0 radical (unpaired) electrons. The molecule has 3 aromatic carbocycles. The number of hydrogen-bond acceptors (Lipinski definition) is 6. The highest BCUT2D eigenvalue weighted by Gasteiger charge is 2.18. The van der Waals surface area contributed by atoms with Gasteiger partial charge < -0.3 is 9.64 Å². The number of nitrogens with zero attached hydrogens (tertiary/aromatic N) is 3. The first-order chi connectivity index (χ1) is 18.6. The molecule has 8 heteroatoms. The molecule has 2 aromatic heterocycles. The van der Waals surface area contributed by atoms with Crippen molar-refractivity contribution in [1.29, 1.82) is 0 Å². The van der Waals surface area contributed by atoms with Crippen LogP contribution in [0, 0.1) is 0 Å². The van der Waals surface area contributed by atoms with Gasteiger partial charge in [-0.25, -0.2) is 4.79 Å². The Labute approximate surface area is 224 Å². The number of carbonyl (C=O) groups is 2. The number of pyridine rings is 1. The molecule has 188 valence electrons. The van der Waals surface area contributed by atoms with Gasteiger partial charge in [-0.05, 0) is 66.7 Å². The lowest BCUT2D eigenvalue weighted by atomic mass is 10.2. The Balaban J connectivity index is 1.28. The maximum atomic E-state index is 13.2. The summed E-state index contributed by atoms with van der Waals surface area (Å²) in [4.78, 5) is 32.9. The van der Waals surface area contributed by atoms with Crippen molar-refractivity contribution in [3.8, 4) is 0 Å². The average Bonchev–Trinajstić information content (AvgIpc) is 3.37. The fourth-order valence-electron chi connectivity index (χ4n) is 3.79. The zero-order chi connectivity index (χ0) is 26.3. The lowest BCUT2D eigenvalue weighted by Gasteiger charge is -2.19. The van der Waals surface area contributed by atoms with Gasteiger partial charge in [0.15, 0.2) is 6.73 Å². The summed E-state index contributed by atoms with van der Waals surface area (Å²) in [5.41, 5.74) is 3.54. The van der Waals surface area contributed by atoms with Crippen LogP contribution in [0.25, 0.3) is 23.1 Å². The number of aromatic amines is 1.